The Morgan fingerprint density at radius 1 is 1.50 bits per heavy atom. The molecule has 1 rings (SSSR count). The van der Waals surface area contributed by atoms with Crippen molar-refractivity contribution in [1.82, 2.24) is 10.2 Å². The molecule has 0 atom stereocenters. The highest BCUT2D eigenvalue weighted by Gasteiger charge is 2.19. The van der Waals surface area contributed by atoms with Crippen molar-refractivity contribution >= 4 is 11.8 Å². The second-order valence-corrected chi connectivity index (χ2v) is 3.62. The van der Waals surface area contributed by atoms with E-state index in [1.54, 1.807) is 4.90 Å². The van der Waals surface area contributed by atoms with Crippen LogP contribution in [0, 0.1) is 0 Å². The Balaban J connectivity index is 2.27. The Bertz CT molecular complexity index is 216. The van der Waals surface area contributed by atoms with Crippen molar-refractivity contribution in [3.8, 4) is 0 Å². The first-order valence-corrected chi connectivity index (χ1v) is 5.28. The zero-order valence-electron chi connectivity index (χ0n) is 8.71. The highest BCUT2D eigenvalue weighted by molar-refractivity contribution is 5.85. The van der Waals surface area contributed by atoms with E-state index in [9.17, 15) is 9.59 Å². The number of amides is 2. The SMILES string of the molecule is CCCNC(=O)CN1CCCCC1=O. The number of carbonyl (C=O) groups excluding carboxylic acids is 2. The predicted octanol–water partition coefficient (Wildman–Crippen LogP) is 0.525. The normalized spacial score (nSPS) is 16.9. The van der Waals surface area contributed by atoms with Gasteiger partial charge in [0.25, 0.3) is 0 Å². The molecule has 4 nitrogen and oxygen atoms in total. The predicted molar refractivity (Wildman–Crippen MR) is 53.7 cm³/mol. The summed E-state index contributed by atoms with van der Waals surface area (Å²) in [6.45, 7) is 3.67. The van der Waals surface area contributed by atoms with Gasteiger partial charge in [-0.05, 0) is 19.3 Å². The molecule has 14 heavy (non-hydrogen) atoms. The number of rotatable bonds is 4. The Morgan fingerprint density at radius 2 is 2.29 bits per heavy atom. The summed E-state index contributed by atoms with van der Waals surface area (Å²) in [6.07, 6.45) is 3.51. The minimum absolute atomic E-state index is 0.0397. The molecule has 0 unspecified atom stereocenters. The van der Waals surface area contributed by atoms with E-state index in [4.69, 9.17) is 0 Å². The average Bonchev–Trinajstić information content (AvgIpc) is 2.18. The van der Waals surface area contributed by atoms with E-state index in [1.165, 1.54) is 0 Å². The molecular weight excluding hydrogens is 180 g/mol. The minimum atomic E-state index is -0.0397. The number of piperidine rings is 1. The van der Waals surface area contributed by atoms with Crippen LogP contribution in [0.1, 0.15) is 32.6 Å². The summed E-state index contributed by atoms with van der Waals surface area (Å²) in [4.78, 5) is 24.3. The van der Waals surface area contributed by atoms with Crippen LogP contribution in [0.3, 0.4) is 0 Å². The summed E-state index contributed by atoms with van der Waals surface area (Å²) in [6, 6.07) is 0. The maximum atomic E-state index is 11.3. The summed E-state index contributed by atoms with van der Waals surface area (Å²) < 4.78 is 0. The summed E-state index contributed by atoms with van der Waals surface area (Å²) in [7, 11) is 0. The van der Waals surface area contributed by atoms with Crippen LogP contribution in [0.4, 0.5) is 0 Å². The molecule has 0 aromatic rings. The van der Waals surface area contributed by atoms with Gasteiger partial charge >= 0.3 is 0 Å². The van der Waals surface area contributed by atoms with E-state index in [2.05, 4.69) is 5.32 Å². The van der Waals surface area contributed by atoms with Crippen LogP contribution in [-0.2, 0) is 9.59 Å². The van der Waals surface area contributed by atoms with Crippen LogP contribution in [0.2, 0.25) is 0 Å². The molecule has 0 aliphatic carbocycles. The lowest BCUT2D eigenvalue weighted by molar-refractivity contribution is -0.137. The smallest absolute Gasteiger partial charge is 0.239 e. The summed E-state index contributed by atoms with van der Waals surface area (Å²) in [5, 5.41) is 2.77. The molecule has 1 saturated heterocycles. The minimum Gasteiger partial charge on any atom is -0.355 e. The molecule has 0 aromatic carbocycles. The van der Waals surface area contributed by atoms with Gasteiger partial charge in [0.15, 0.2) is 0 Å². The molecule has 80 valence electrons. The van der Waals surface area contributed by atoms with E-state index >= 15 is 0 Å². The maximum absolute atomic E-state index is 11.3. The van der Waals surface area contributed by atoms with Gasteiger partial charge in [0.1, 0.15) is 0 Å². The quantitative estimate of drug-likeness (QED) is 0.716. The second-order valence-electron chi connectivity index (χ2n) is 3.62. The van der Waals surface area contributed by atoms with Gasteiger partial charge < -0.3 is 10.2 Å². The molecule has 0 radical (unpaired) electrons. The molecule has 0 spiro atoms. The number of carbonyl (C=O) groups is 2. The van der Waals surface area contributed by atoms with Gasteiger partial charge in [0.05, 0.1) is 6.54 Å². The molecule has 0 aromatic heterocycles. The Labute approximate surface area is 84.7 Å². The topological polar surface area (TPSA) is 49.4 Å². The van der Waals surface area contributed by atoms with E-state index < -0.39 is 0 Å². The first-order chi connectivity index (χ1) is 6.74. The van der Waals surface area contributed by atoms with Crippen LogP contribution < -0.4 is 5.32 Å². The third kappa shape index (κ3) is 3.36. The molecule has 1 aliphatic heterocycles. The molecule has 1 aliphatic rings. The zero-order chi connectivity index (χ0) is 10.4. The van der Waals surface area contributed by atoms with E-state index in [0.717, 1.165) is 25.8 Å². The van der Waals surface area contributed by atoms with Crippen LogP contribution in [0.5, 0.6) is 0 Å². The van der Waals surface area contributed by atoms with Crippen molar-refractivity contribution in [3.05, 3.63) is 0 Å². The highest BCUT2D eigenvalue weighted by atomic mass is 16.2. The fourth-order valence-corrected chi connectivity index (χ4v) is 1.52. The summed E-state index contributed by atoms with van der Waals surface area (Å²) in [5.41, 5.74) is 0. The van der Waals surface area contributed by atoms with Crippen molar-refractivity contribution in [2.24, 2.45) is 0 Å². The lowest BCUT2D eigenvalue weighted by Gasteiger charge is -2.25. The molecule has 1 heterocycles. The van der Waals surface area contributed by atoms with Gasteiger partial charge in [0.2, 0.25) is 11.8 Å². The van der Waals surface area contributed by atoms with Crippen LogP contribution in [0.15, 0.2) is 0 Å². The van der Waals surface area contributed by atoms with E-state index in [-0.39, 0.29) is 18.4 Å². The summed E-state index contributed by atoms with van der Waals surface area (Å²) in [5.74, 6) is 0.0741. The second kappa shape index (κ2) is 5.62. The first kappa shape index (κ1) is 11.0. The third-order valence-corrected chi connectivity index (χ3v) is 2.33. The Hall–Kier alpha value is -1.06. The van der Waals surface area contributed by atoms with Crippen molar-refractivity contribution in [2.75, 3.05) is 19.6 Å². The number of hydrogen-bond acceptors (Lipinski definition) is 2. The van der Waals surface area contributed by atoms with E-state index in [1.807, 2.05) is 6.92 Å². The standard InChI is InChI=1S/C10H18N2O2/c1-2-6-11-9(13)8-12-7-4-3-5-10(12)14/h2-8H2,1H3,(H,11,13). The number of nitrogens with zero attached hydrogens (tertiary/aromatic N) is 1. The van der Waals surface area contributed by atoms with Gasteiger partial charge in [0, 0.05) is 19.5 Å². The lowest BCUT2D eigenvalue weighted by Crippen LogP contribution is -2.43. The number of likely N-dealkylation sites (tertiary alicyclic amines) is 1. The summed E-state index contributed by atoms with van der Waals surface area (Å²) >= 11 is 0. The number of nitrogens with one attached hydrogen (secondary N) is 1. The van der Waals surface area contributed by atoms with Crippen LogP contribution in [0.25, 0.3) is 0 Å². The molecule has 4 heteroatoms. The highest BCUT2D eigenvalue weighted by Crippen LogP contribution is 2.09. The lowest BCUT2D eigenvalue weighted by atomic mass is 10.1. The van der Waals surface area contributed by atoms with Gasteiger partial charge in [-0.3, -0.25) is 9.59 Å². The van der Waals surface area contributed by atoms with Crippen LogP contribution in [-0.4, -0.2) is 36.3 Å². The van der Waals surface area contributed by atoms with Crippen LogP contribution >= 0.6 is 0 Å². The van der Waals surface area contributed by atoms with E-state index in [0.29, 0.717) is 13.0 Å². The molecule has 1 N–H and O–H groups in total. The Morgan fingerprint density at radius 3 is 2.93 bits per heavy atom. The van der Waals surface area contributed by atoms with Crippen molar-refractivity contribution < 1.29 is 9.59 Å². The Kier molecular flexibility index (Phi) is 4.43. The van der Waals surface area contributed by atoms with Crippen molar-refractivity contribution in [2.45, 2.75) is 32.6 Å². The van der Waals surface area contributed by atoms with Gasteiger partial charge in [-0.25, -0.2) is 0 Å². The monoisotopic (exact) mass is 198 g/mol. The van der Waals surface area contributed by atoms with Crippen molar-refractivity contribution in [1.29, 1.82) is 0 Å². The fourth-order valence-electron chi connectivity index (χ4n) is 1.52. The largest absolute Gasteiger partial charge is 0.355 e. The molecule has 0 bridgehead atoms. The van der Waals surface area contributed by atoms with Gasteiger partial charge in [-0.15, -0.1) is 0 Å². The van der Waals surface area contributed by atoms with Crippen molar-refractivity contribution in [3.63, 3.8) is 0 Å². The molecule has 0 saturated carbocycles. The fraction of sp³-hybridized carbons (Fsp3) is 0.800. The molecule has 1 fully saturated rings. The maximum Gasteiger partial charge on any atom is 0.239 e. The first-order valence-electron chi connectivity index (χ1n) is 5.28. The average molecular weight is 198 g/mol. The van der Waals surface area contributed by atoms with Gasteiger partial charge in [-0.1, -0.05) is 6.92 Å². The molecule has 2 amide bonds. The van der Waals surface area contributed by atoms with Gasteiger partial charge in [-0.2, -0.15) is 0 Å². The third-order valence-electron chi connectivity index (χ3n) is 2.33. The molecular formula is C10H18N2O2. The number of hydrogen-bond donors (Lipinski definition) is 1. The zero-order valence-corrected chi connectivity index (χ0v) is 8.71.